The number of hydrogen-bond donors (Lipinski definition) is 0. The van der Waals surface area contributed by atoms with Crippen LogP contribution in [0.2, 0.25) is 0 Å². The number of alkyl halides is 3. The van der Waals surface area contributed by atoms with Crippen LogP contribution in [-0.4, -0.2) is 53.0 Å². The van der Waals surface area contributed by atoms with E-state index in [1.807, 2.05) is 20.8 Å². The van der Waals surface area contributed by atoms with Gasteiger partial charge in [-0.25, -0.2) is 4.79 Å². The number of rotatable bonds is 1. The summed E-state index contributed by atoms with van der Waals surface area (Å²) in [5.41, 5.74) is -0.625. The van der Waals surface area contributed by atoms with E-state index in [0.717, 1.165) is 6.42 Å². The summed E-state index contributed by atoms with van der Waals surface area (Å²) >= 11 is 0.554. The quantitative estimate of drug-likeness (QED) is 0.767. The Bertz CT molecular complexity index is 635. The van der Waals surface area contributed by atoms with Gasteiger partial charge in [-0.15, -0.1) is 10.2 Å². The predicted molar refractivity (Wildman–Crippen MR) is 82.0 cm³/mol. The fourth-order valence-electron chi connectivity index (χ4n) is 3.03. The van der Waals surface area contributed by atoms with Crippen LogP contribution in [0.5, 0.6) is 0 Å². The molecule has 1 aromatic rings. The SMILES string of the molecule is CC(C)(C)OC(=O)N1CCC2(C1)CN(c1nnc(C(F)(F)F)s1)C2. The maximum atomic E-state index is 12.6. The molecule has 1 aromatic heterocycles. The van der Waals surface area contributed by atoms with Crippen molar-refractivity contribution in [2.45, 2.75) is 39.0 Å². The summed E-state index contributed by atoms with van der Waals surface area (Å²) in [6, 6.07) is 0. The number of ether oxygens (including phenoxy) is 1. The average Bonchev–Trinajstić information content (AvgIpc) is 3.01. The lowest BCUT2D eigenvalue weighted by atomic mass is 9.79. The monoisotopic (exact) mass is 364 g/mol. The normalized spacial score (nSPS) is 20.4. The first-order valence-electron chi connectivity index (χ1n) is 7.61. The number of likely N-dealkylation sites (tertiary alicyclic amines) is 1. The Labute approximate surface area is 141 Å². The van der Waals surface area contributed by atoms with Gasteiger partial charge in [0, 0.05) is 31.6 Å². The lowest BCUT2D eigenvalue weighted by Crippen LogP contribution is -2.58. The second kappa shape index (κ2) is 5.47. The molecule has 0 atom stereocenters. The highest BCUT2D eigenvalue weighted by molar-refractivity contribution is 7.15. The van der Waals surface area contributed by atoms with Crippen molar-refractivity contribution >= 4 is 22.6 Å². The van der Waals surface area contributed by atoms with Crippen molar-refractivity contribution in [3.63, 3.8) is 0 Å². The minimum atomic E-state index is -4.46. The molecule has 2 fully saturated rings. The van der Waals surface area contributed by atoms with E-state index in [2.05, 4.69) is 10.2 Å². The van der Waals surface area contributed by atoms with Gasteiger partial charge in [0.15, 0.2) is 0 Å². The zero-order valence-electron chi connectivity index (χ0n) is 13.7. The molecule has 3 rings (SSSR count). The number of amides is 1. The van der Waals surface area contributed by atoms with E-state index in [4.69, 9.17) is 4.74 Å². The molecule has 0 N–H and O–H groups in total. The summed E-state index contributed by atoms with van der Waals surface area (Å²) in [4.78, 5) is 15.6. The van der Waals surface area contributed by atoms with Gasteiger partial charge in [-0.2, -0.15) is 13.2 Å². The van der Waals surface area contributed by atoms with Crippen LogP contribution in [0.1, 0.15) is 32.2 Å². The lowest BCUT2D eigenvalue weighted by molar-refractivity contribution is -0.138. The fourth-order valence-corrected chi connectivity index (χ4v) is 3.74. The fraction of sp³-hybridized carbons (Fsp3) is 0.786. The lowest BCUT2D eigenvalue weighted by Gasteiger charge is -2.47. The van der Waals surface area contributed by atoms with E-state index in [1.54, 1.807) is 9.80 Å². The topological polar surface area (TPSA) is 58.6 Å². The standard InChI is InChI=1S/C14H19F3N4O2S/c1-12(2,3)23-11(22)20-5-4-13(6-20)7-21(8-13)10-19-18-9(24-10)14(15,16)17/h4-8H2,1-3H3. The Morgan fingerprint density at radius 3 is 2.42 bits per heavy atom. The van der Waals surface area contributed by atoms with Crippen LogP contribution in [0.25, 0.3) is 0 Å². The molecule has 3 heterocycles. The molecule has 6 nitrogen and oxygen atoms in total. The van der Waals surface area contributed by atoms with Crippen LogP contribution in [0.3, 0.4) is 0 Å². The van der Waals surface area contributed by atoms with E-state index >= 15 is 0 Å². The first-order valence-corrected chi connectivity index (χ1v) is 8.43. The summed E-state index contributed by atoms with van der Waals surface area (Å²) in [7, 11) is 0. The Hall–Kier alpha value is -1.58. The molecule has 0 radical (unpaired) electrons. The van der Waals surface area contributed by atoms with E-state index in [-0.39, 0.29) is 16.6 Å². The van der Waals surface area contributed by atoms with Crippen molar-refractivity contribution in [3.8, 4) is 0 Å². The molecule has 1 amide bonds. The predicted octanol–water partition coefficient (Wildman–Crippen LogP) is 3.00. The molecular weight excluding hydrogens is 345 g/mol. The van der Waals surface area contributed by atoms with Crippen molar-refractivity contribution < 1.29 is 22.7 Å². The van der Waals surface area contributed by atoms with Gasteiger partial charge in [0.2, 0.25) is 10.1 Å². The highest BCUT2D eigenvalue weighted by Crippen LogP contribution is 2.44. The zero-order chi connectivity index (χ0) is 17.8. The first kappa shape index (κ1) is 17.2. The van der Waals surface area contributed by atoms with Crippen molar-refractivity contribution in [2.75, 3.05) is 31.1 Å². The molecule has 2 aliphatic rings. The largest absolute Gasteiger partial charge is 0.445 e. The van der Waals surface area contributed by atoms with Gasteiger partial charge in [0.25, 0.3) is 0 Å². The smallest absolute Gasteiger partial charge is 0.444 e. The highest BCUT2D eigenvalue weighted by atomic mass is 32.1. The Balaban J connectivity index is 1.57. The van der Waals surface area contributed by atoms with Crippen molar-refractivity contribution in [1.82, 2.24) is 15.1 Å². The van der Waals surface area contributed by atoms with Crippen molar-refractivity contribution in [3.05, 3.63) is 5.01 Å². The summed E-state index contributed by atoms with van der Waals surface area (Å²) in [5, 5.41) is 6.19. The number of carbonyl (C=O) groups is 1. The van der Waals surface area contributed by atoms with Crippen LogP contribution >= 0.6 is 11.3 Å². The highest BCUT2D eigenvalue weighted by Gasteiger charge is 2.50. The molecule has 10 heteroatoms. The van der Waals surface area contributed by atoms with Crippen LogP contribution < -0.4 is 4.90 Å². The maximum Gasteiger partial charge on any atom is 0.445 e. The minimum Gasteiger partial charge on any atom is -0.444 e. The van der Waals surface area contributed by atoms with E-state index in [9.17, 15) is 18.0 Å². The minimum absolute atomic E-state index is 0.0824. The Morgan fingerprint density at radius 2 is 1.88 bits per heavy atom. The summed E-state index contributed by atoms with van der Waals surface area (Å²) in [6.45, 7) is 7.77. The number of carbonyl (C=O) groups excluding carboxylic acids is 1. The average molecular weight is 364 g/mol. The van der Waals surface area contributed by atoms with Gasteiger partial charge in [-0.3, -0.25) is 0 Å². The molecule has 0 saturated carbocycles. The second-order valence-electron chi connectivity index (χ2n) is 7.40. The molecule has 1 spiro atoms. The zero-order valence-corrected chi connectivity index (χ0v) is 14.5. The van der Waals surface area contributed by atoms with Crippen LogP contribution in [0.15, 0.2) is 0 Å². The third-order valence-electron chi connectivity index (χ3n) is 4.07. The van der Waals surface area contributed by atoms with Crippen LogP contribution in [0.4, 0.5) is 23.1 Å². The summed E-state index contributed by atoms with van der Waals surface area (Å²) < 4.78 is 43.1. The third kappa shape index (κ3) is 3.42. The Morgan fingerprint density at radius 1 is 1.21 bits per heavy atom. The van der Waals surface area contributed by atoms with Gasteiger partial charge < -0.3 is 14.5 Å². The molecule has 134 valence electrons. The molecule has 24 heavy (non-hydrogen) atoms. The van der Waals surface area contributed by atoms with Gasteiger partial charge in [0.1, 0.15) is 5.60 Å². The number of aromatic nitrogens is 2. The molecule has 2 aliphatic heterocycles. The van der Waals surface area contributed by atoms with Gasteiger partial charge in [-0.05, 0) is 27.2 Å². The second-order valence-corrected chi connectivity index (χ2v) is 8.35. The molecule has 0 unspecified atom stereocenters. The van der Waals surface area contributed by atoms with Crippen molar-refractivity contribution in [2.24, 2.45) is 5.41 Å². The van der Waals surface area contributed by atoms with E-state index in [1.165, 1.54) is 0 Å². The van der Waals surface area contributed by atoms with Crippen molar-refractivity contribution in [1.29, 1.82) is 0 Å². The maximum absolute atomic E-state index is 12.6. The van der Waals surface area contributed by atoms with E-state index in [0.29, 0.717) is 37.5 Å². The number of hydrogen-bond acceptors (Lipinski definition) is 6. The summed E-state index contributed by atoms with van der Waals surface area (Å²) in [5.74, 6) is 0. The molecule has 0 aromatic carbocycles. The third-order valence-corrected chi connectivity index (χ3v) is 5.10. The molecule has 2 saturated heterocycles. The number of nitrogens with zero attached hydrogens (tertiary/aromatic N) is 4. The molecule has 0 aliphatic carbocycles. The number of anilines is 1. The number of halogens is 3. The summed E-state index contributed by atoms with van der Waals surface area (Å²) in [6.07, 6.45) is -3.99. The van der Waals surface area contributed by atoms with Gasteiger partial charge in [0.05, 0.1) is 0 Å². The first-order chi connectivity index (χ1) is 11.0. The Kier molecular flexibility index (Phi) is 3.93. The van der Waals surface area contributed by atoms with Gasteiger partial charge in [-0.1, -0.05) is 11.3 Å². The van der Waals surface area contributed by atoms with Gasteiger partial charge >= 0.3 is 12.3 Å². The van der Waals surface area contributed by atoms with E-state index < -0.39 is 16.8 Å². The molecule has 0 bridgehead atoms. The van der Waals surface area contributed by atoms with Crippen LogP contribution in [0, 0.1) is 5.41 Å². The van der Waals surface area contributed by atoms with Crippen LogP contribution in [-0.2, 0) is 10.9 Å². The molecular formula is C14H19F3N4O2S.